The average molecular weight is 393 g/mol. The van der Waals surface area contributed by atoms with Crippen LogP contribution in [-0.2, 0) is 13.0 Å². The molecular weight excluding hydrogens is 356 g/mol. The smallest absolute Gasteiger partial charge is 0.254 e. The van der Waals surface area contributed by atoms with Crippen molar-refractivity contribution in [1.29, 1.82) is 0 Å². The Morgan fingerprint density at radius 3 is 2.11 bits per heavy atom. The van der Waals surface area contributed by atoms with Gasteiger partial charge in [0, 0.05) is 6.42 Å². The van der Waals surface area contributed by atoms with E-state index in [0.717, 1.165) is 18.7 Å². The van der Waals surface area contributed by atoms with Crippen LogP contribution < -0.4 is 17.0 Å². The molecule has 0 radical (unpaired) electrons. The van der Waals surface area contributed by atoms with Gasteiger partial charge in [-0.25, -0.2) is 9.55 Å². The third-order valence-electron chi connectivity index (χ3n) is 5.09. The third kappa shape index (κ3) is 8.94. The van der Waals surface area contributed by atoms with Crippen LogP contribution in [0.4, 0.5) is 0 Å². The molecule has 0 saturated heterocycles. The summed E-state index contributed by atoms with van der Waals surface area (Å²) in [6, 6.07) is 10.5. The zero-order valence-electron chi connectivity index (χ0n) is 17.1. The highest BCUT2D eigenvalue weighted by molar-refractivity contribution is 5.13. The van der Waals surface area contributed by atoms with Crippen LogP contribution in [0.2, 0.25) is 0 Å². The molecule has 0 aliphatic rings. The molecule has 2 rings (SSSR count). The minimum atomic E-state index is -0.450. The summed E-state index contributed by atoms with van der Waals surface area (Å²) >= 11 is 0. The highest BCUT2D eigenvalue weighted by Gasteiger charge is 2.18. The van der Waals surface area contributed by atoms with Gasteiger partial charge in [0.05, 0.1) is 0 Å². The number of aryl methyl sites for hydroxylation is 1. The number of benzene rings is 1. The minimum absolute atomic E-state index is 0. The van der Waals surface area contributed by atoms with Crippen LogP contribution in [-0.4, -0.2) is 10.1 Å². The molecule has 0 saturated carbocycles. The molecule has 1 heterocycles. The van der Waals surface area contributed by atoms with Crippen molar-refractivity contribution in [1.82, 2.24) is 4.98 Å². The standard InChI is InChI=1S/C23H36N2O.ClH/c1-3-4-5-6-7-8-9-10-14-17-23-24-22(20(2)26)19-25(23)18-21-15-12-11-13-16-21;/h11-13,15-16,19-20,26H,3-10,14,17-18H2,1-2H3;1H. The van der Waals surface area contributed by atoms with Crippen molar-refractivity contribution < 1.29 is 22.1 Å². The van der Waals surface area contributed by atoms with Crippen molar-refractivity contribution in [2.45, 2.75) is 90.7 Å². The molecule has 2 N–H and O–H groups in total. The molecule has 0 amide bonds. The highest BCUT2D eigenvalue weighted by atomic mass is 35.5. The maximum Gasteiger partial charge on any atom is 0.254 e. The molecule has 0 aliphatic heterocycles. The van der Waals surface area contributed by atoms with Gasteiger partial charge >= 0.3 is 0 Å². The maximum atomic E-state index is 9.91. The molecule has 2 aromatic rings. The van der Waals surface area contributed by atoms with E-state index in [0.29, 0.717) is 0 Å². The van der Waals surface area contributed by atoms with E-state index in [1.165, 1.54) is 69.2 Å². The monoisotopic (exact) mass is 392 g/mol. The van der Waals surface area contributed by atoms with Gasteiger partial charge in [0.25, 0.3) is 5.82 Å². The number of hydrogen-bond donors (Lipinski definition) is 2. The predicted molar refractivity (Wildman–Crippen MR) is 108 cm³/mol. The van der Waals surface area contributed by atoms with E-state index < -0.39 is 6.10 Å². The molecular formula is C23H37ClN2O. The first-order valence-corrected chi connectivity index (χ1v) is 10.5. The van der Waals surface area contributed by atoms with Crippen molar-refractivity contribution >= 4 is 0 Å². The molecule has 1 aromatic heterocycles. The molecule has 1 unspecified atom stereocenters. The zero-order chi connectivity index (χ0) is 18.6. The van der Waals surface area contributed by atoms with Gasteiger partial charge in [-0.05, 0) is 18.9 Å². The summed E-state index contributed by atoms with van der Waals surface area (Å²) in [6.07, 6.45) is 14.8. The summed E-state index contributed by atoms with van der Waals surface area (Å²) in [5, 5.41) is 9.91. The number of halogens is 1. The Balaban J connectivity index is 0.00000364. The van der Waals surface area contributed by atoms with Crippen molar-refractivity contribution in [2.75, 3.05) is 0 Å². The van der Waals surface area contributed by atoms with Crippen LogP contribution >= 0.6 is 0 Å². The van der Waals surface area contributed by atoms with Crippen LogP contribution in [0.25, 0.3) is 0 Å². The number of H-pyrrole nitrogens is 1. The number of hydrogen-bond acceptors (Lipinski definition) is 1. The topological polar surface area (TPSA) is 39.9 Å². The fourth-order valence-electron chi connectivity index (χ4n) is 3.46. The molecule has 3 nitrogen and oxygen atoms in total. The molecule has 0 aliphatic carbocycles. The van der Waals surface area contributed by atoms with Crippen LogP contribution in [0.3, 0.4) is 0 Å². The van der Waals surface area contributed by atoms with E-state index in [4.69, 9.17) is 0 Å². The predicted octanol–water partition coefficient (Wildman–Crippen LogP) is 2.48. The number of aliphatic hydroxyl groups excluding tert-OH is 1. The van der Waals surface area contributed by atoms with E-state index in [1.807, 2.05) is 6.92 Å². The lowest BCUT2D eigenvalue weighted by Crippen LogP contribution is -3.00. The molecule has 0 fully saturated rings. The van der Waals surface area contributed by atoms with Gasteiger partial charge < -0.3 is 17.5 Å². The fraction of sp³-hybridized carbons (Fsp3) is 0.609. The Morgan fingerprint density at radius 1 is 0.926 bits per heavy atom. The zero-order valence-corrected chi connectivity index (χ0v) is 17.8. The Bertz CT molecular complexity index is 610. The molecule has 0 bridgehead atoms. The van der Waals surface area contributed by atoms with Crippen LogP contribution in [0.15, 0.2) is 36.5 Å². The number of imidazole rings is 1. The Labute approximate surface area is 171 Å². The van der Waals surface area contributed by atoms with Gasteiger partial charge in [0.1, 0.15) is 18.8 Å². The van der Waals surface area contributed by atoms with Crippen LogP contribution in [0.1, 0.15) is 94.8 Å². The van der Waals surface area contributed by atoms with E-state index in [1.54, 1.807) is 0 Å². The normalized spacial score (nSPS) is 12.0. The maximum absolute atomic E-state index is 9.91. The van der Waals surface area contributed by atoms with Gasteiger partial charge in [0.2, 0.25) is 0 Å². The summed E-state index contributed by atoms with van der Waals surface area (Å²) in [7, 11) is 0. The molecule has 0 spiro atoms. The number of rotatable bonds is 13. The average Bonchev–Trinajstić information content (AvgIpc) is 3.04. The van der Waals surface area contributed by atoms with Crippen molar-refractivity contribution in [3.05, 3.63) is 53.6 Å². The number of aromatic nitrogens is 2. The second-order valence-corrected chi connectivity index (χ2v) is 7.52. The van der Waals surface area contributed by atoms with E-state index in [9.17, 15) is 5.11 Å². The Hall–Kier alpha value is -1.32. The second kappa shape index (κ2) is 13.8. The quantitative estimate of drug-likeness (QED) is 0.399. The molecule has 4 heteroatoms. The lowest BCUT2D eigenvalue weighted by atomic mass is 10.1. The number of nitrogens with one attached hydrogen (secondary N) is 1. The minimum Gasteiger partial charge on any atom is -1.00 e. The fourth-order valence-corrected chi connectivity index (χ4v) is 3.46. The van der Waals surface area contributed by atoms with Crippen molar-refractivity contribution in [3.8, 4) is 0 Å². The molecule has 1 atom stereocenters. The SMILES string of the molecule is CCCCCCCCCCCc1[nH]c(C(C)O)c[n+]1Cc1ccccc1.[Cl-]. The summed E-state index contributed by atoms with van der Waals surface area (Å²) in [5.41, 5.74) is 2.20. The number of nitrogens with zero attached hydrogens (tertiary/aromatic N) is 1. The van der Waals surface area contributed by atoms with Crippen LogP contribution in [0.5, 0.6) is 0 Å². The molecule has 27 heavy (non-hydrogen) atoms. The van der Waals surface area contributed by atoms with Gasteiger partial charge in [-0.3, -0.25) is 0 Å². The van der Waals surface area contributed by atoms with Gasteiger partial charge in [-0.1, -0.05) is 88.6 Å². The van der Waals surface area contributed by atoms with Gasteiger partial charge in [-0.2, -0.15) is 0 Å². The van der Waals surface area contributed by atoms with E-state index in [-0.39, 0.29) is 12.4 Å². The number of unbranched alkanes of at least 4 members (excludes halogenated alkanes) is 8. The Kier molecular flexibility index (Phi) is 12.1. The number of aromatic amines is 1. The van der Waals surface area contributed by atoms with E-state index >= 15 is 0 Å². The summed E-state index contributed by atoms with van der Waals surface area (Å²) < 4.78 is 2.27. The summed E-state index contributed by atoms with van der Waals surface area (Å²) in [4.78, 5) is 3.44. The largest absolute Gasteiger partial charge is 1.00 e. The van der Waals surface area contributed by atoms with Gasteiger partial charge in [0.15, 0.2) is 5.69 Å². The summed E-state index contributed by atoms with van der Waals surface area (Å²) in [5.74, 6) is 1.23. The van der Waals surface area contributed by atoms with Gasteiger partial charge in [-0.15, -0.1) is 0 Å². The number of aliphatic hydroxyl groups is 1. The Morgan fingerprint density at radius 2 is 1.52 bits per heavy atom. The molecule has 152 valence electrons. The highest BCUT2D eigenvalue weighted by Crippen LogP contribution is 2.13. The second-order valence-electron chi connectivity index (χ2n) is 7.52. The van der Waals surface area contributed by atoms with Crippen molar-refractivity contribution in [2.24, 2.45) is 0 Å². The lowest BCUT2D eigenvalue weighted by Gasteiger charge is -2.03. The van der Waals surface area contributed by atoms with E-state index in [2.05, 4.69) is 53.0 Å². The first-order chi connectivity index (χ1) is 12.7. The molecule has 1 aromatic carbocycles. The van der Waals surface area contributed by atoms with Crippen LogP contribution in [0, 0.1) is 0 Å². The third-order valence-corrected chi connectivity index (χ3v) is 5.09. The first kappa shape index (κ1) is 23.7. The first-order valence-electron chi connectivity index (χ1n) is 10.5. The lowest BCUT2D eigenvalue weighted by molar-refractivity contribution is -0.694. The van der Waals surface area contributed by atoms with Crippen molar-refractivity contribution in [3.63, 3.8) is 0 Å². The summed E-state index contributed by atoms with van der Waals surface area (Å²) in [6.45, 7) is 4.95.